The number of hydrogen-bond acceptors (Lipinski definition) is 4. The summed E-state index contributed by atoms with van der Waals surface area (Å²) < 4.78 is 0. The summed E-state index contributed by atoms with van der Waals surface area (Å²) in [5, 5.41) is 9.72. The molecular weight excluding hydrogens is 336 g/mol. The molecule has 1 atom stereocenters. The molecule has 0 unspecified atom stereocenters. The first-order valence-electron chi connectivity index (χ1n) is 9.39. The van der Waals surface area contributed by atoms with E-state index in [0.29, 0.717) is 36.5 Å². The van der Waals surface area contributed by atoms with E-state index in [2.05, 4.69) is 23.2 Å². The molecule has 0 saturated heterocycles. The standard InChI is InChI=1S/C22H22N4O/c23-13-17-20(15-7-3-1-4-8-15)18-14-26(12-11-19(18)25-21(17)24)22(27)16-9-5-2-6-10-16/h1-3,5-6,9-10,15H,4,7-8,11-12,14H2,(H2,24,25)/t15-/m1/s1. The van der Waals surface area contributed by atoms with Gasteiger partial charge in [-0.1, -0.05) is 30.4 Å². The predicted molar refractivity (Wildman–Crippen MR) is 104 cm³/mol. The lowest BCUT2D eigenvalue weighted by Crippen LogP contribution is -2.37. The highest BCUT2D eigenvalue weighted by Crippen LogP contribution is 2.38. The van der Waals surface area contributed by atoms with Crippen LogP contribution in [0, 0.1) is 11.3 Å². The third-order valence-corrected chi connectivity index (χ3v) is 5.52. The number of hydrogen-bond donors (Lipinski definition) is 1. The van der Waals surface area contributed by atoms with Crippen molar-refractivity contribution in [1.82, 2.24) is 9.88 Å². The van der Waals surface area contributed by atoms with Crippen LogP contribution in [0.4, 0.5) is 5.82 Å². The number of nitrogen functional groups attached to an aromatic ring is 1. The molecule has 0 spiro atoms. The zero-order valence-electron chi connectivity index (χ0n) is 15.2. The fourth-order valence-corrected chi connectivity index (χ4v) is 4.17. The third-order valence-electron chi connectivity index (χ3n) is 5.52. The van der Waals surface area contributed by atoms with Crippen molar-refractivity contribution in [1.29, 1.82) is 5.26 Å². The van der Waals surface area contributed by atoms with Crippen molar-refractivity contribution in [3.63, 3.8) is 0 Å². The minimum atomic E-state index is 0.0195. The number of benzene rings is 1. The van der Waals surface area contributed by atoms with E-state index in [1.165, 1.54) is 0 Å². The van der Waals surface area contributed by atoms with Crippen molar-refractivity contribution in [2.45, 2.75) is 38.1 Å². The van der Waals surface area contributed by atoms with Crippen LogP contribution in [0.15, 0.2) is 42.5 Å². The van der Waals surface area contributed by atoms with E-state index in [1.807, 2.05) is 35.2 Å². The van der Waals surface area contributed by atoms with Crippen LogP contribution in [0.5, 0.6) is 0 Å². The van der Waals surface area contributed by atoms with Crippen LogP contribution in [-0.4, -0.2) is 22.3 Å². The second kappa shape index (κ2) is 7.24. The quantitative estimate of drug-likeness (QED) is 0.832. The molecule has 1 amide bonds. The highest BCUT2D eigenvalue weighted by atomic mass is 16.2. The maximum absolute atomic E-state index is 12.9. The summed E-state index contributed by atoms with van der Waals surface area (Å²) in [5.41, 5.74) is 10.3. The van der Waals surface area contributed by atoms with Gasteiger partial charge in [0.15, 0.2) is 0 Å². The highest BCUT2D eigenvalue weighted by molar-refractivity contribution is 5.94. The van der Waals surface area contributed by atoms with Crippen LogP contribution in [0.2, 0.25) is 0 Å². The van der Waals surface area contributed by atoms with E-state index in [-0.39, 0.29) is 11.8 Å². The van der Waals surface area contributed by atoms with Crippen molar-refractivity contribution in [2.75, 3.05) is 12.3 Å². The fourth-order valence-electron chi connectivity index (χ4n) is 4.17. The monoisotopic (exact) mass is 358 g/mol. The van der Waals surface area contributed by atoms with Crippen LogP contribution in [0.25, 0.3) is 0 Å². The minimum Gasteiger partial charge on any atom is -0.383 e. The molecule has 1 aromatic carbocycles. The van der Waals surface area contributed by atoms with Crippen LogP contribution in [-0.2, 0) is 13.0 Å². The number of pyridine rings is 1. The summed E-state index contributed by atoms with van der Waals surface area (Å²) in [5.74, 6) is 0.602. The van der Waals surface area contributed by atoms with Gasteiger partial charge >= 0.3 is 0 Å². The smallest absolute Gasteiger partial charge is 0.254 e. The molecule has 1 aliphatic heterocycles. The Hall–Kier alpha value is -3.13. The highest BCUT2D eigenvalue weighted by Gasteiger charge is 2.30. The van der Waals surface area contributed by atoms with E-state index < -0.39 is 0 Å². The van der Waals surface area contributed by atoms with Gasteiger partial charge < -0.3 is 10.6 Å². The molecule has 5 nitrogen and oxygen atoms in total. The summed E-state index contributed by atoms with van der Waals surface area (Å²) in [6.07, 6.45) is 7.92. The van der Waals surface area contributed by atoms with Gasteiger partial charge in [0, 0.05) is 30.8 Å². The van der Waals surface area contributed by atoms with Crippen molar-refractivity contribution >= 4 is 11.7 Å². The van der Waals surface area contributed by atoms with Gasteiger partial charge in [-0.15, -0.1) is 0 Å². The molecule has 5 heteroatoms. The Balaban J connectivity index is 1.74. The summed E-state index contributed by atoms with van der Waals surface area (Å²) in [6, 6.07) is 11.6. The van der Waals surface area contributed by atoms with E-state index in [1.54, 1.807) is 0 Å². The number of rotatable bonds is 2. The number of carbonyl (C=O) groups is 1. The van der Waals surface area contributed by atoms with Gasteiger partial charge in [0.2, 0.25) is 0 Å². The molecule has 2 aromatic rings. The number of aromatic nitrogens is 1. The summed E-state index contributed by atoms with van der Waals surface area (Å²) in [7, 11) is 0. The third kappa shape index (κ3) is 3.19. The van der Waals surface area contributed by atoms with Crippen molar-refractivity contribution in [3.05, 3.63) is 70.4 Å². The van der Waals surface area contributed by atoms with Gasteiger partial charge in [-0.2, -0.15) is 5.26 Å². The van der Waals surface area contributed by atoms with Crippen molar-refractivity contribution in [3.8, 4) is 6.07 Å². The fraction of sp³-hybridized carbons (Fsp3) is 0.318. The topological polar surface area (TPSA) is 83.0 Å². The van der Waals surface area contributed by atoms with E-state index in [9.17, 15) is 10.1 Å². The number of nitrogens with two attached hydrogens (primary N) is 1. The molecule has 0 bridgehead atoms. The number of carbonyl (C=O) groups excluding carboxylic acids is 1. The molecule has 2 N–H and O–H groups in total. The molecular formula is C22H22N4O. The van der Waals surface area contributed by atoms with Crippen LogP contribution in [0.3, 0.4) is 0 Å². The first kappa shape index (κ1) is 17.3. The molecule has 0 saturated carbocycles. The van der Waals surface area contributed by atoms with Gasteiger partial charge in [-0.3, -0.25) is 4.79 Å². The Morgan fingerprint density at radius 3 is 2.78 bits per heavy atom. The zero-order valence-corrected chi connectivity index (χ0v) is 15.2. The zero-order chi connectivity index (χ0) is 18.8. The summed E-state index contributed by atoms with van der Waals surface area (Å²) in [4.78, 5) is 19.3. The molecule has 0 radical (unpaired) electrons. The summed E-state index contributed by atoms with van der Waals surface area (Å²) in [6.45, 7) is 1.10. The Labute approximate surface area is 159 Å². The lowest BCUT2D eigenvalue weighted by molar-refractivity contribution is 0.0732. The number of nitrogens with zero attached hydrogens (tertiary/aromatic N) is 3. The maximum atomic E-state index is 12.9. The van der Waals surface area contributed by atoms with Gasteiger partial charge in [0.1, 0.15) is 11.9 Å². The first-order chi connectivity index (χ1) is 13.2. The number of fused-ring (bicyclic) bond motifs is 1. The lowest BCUT2D eigenvalue weighted by Gasteiger charge is -2.33. The van der Waals surface area contributed by atoms with Crippen LogP contribution in [0.1, 0.15) is 57.9 Å². The molecule has 0 fully saturated rings. The SMILES string of the molecule is N#Cc1c(N)nc2c(c1[C@@H]1CC=CCC1)CN(C(=O)c1ccccc1)CC2. The van der Waals surface area contributed by atoms with E-state index in [4.69, 9.17) is 5.73 Å². The molecule has 4 rings (SSSR count). The van der Waals surface area contributed by atoms with Gasteiger partial charge in [0.05, 0.1) is 5.56 Å². The largest absolute Gasteiger partial charge is 0.383 e. The predicted octanol–water partition coefficient (Wildman–Crippen LogP) is 3.56. The molecule has 136 valence electrons. The Morgan fingerprint density at radius 1 is 1.26 bits per heavy atom. The summed E-state index contributed by atoms with van der Waals surface area (Å²) >= 11 is 0. The van der Waals surface area contributed by atoms with Gasteiger partial charge in [-0.05, 0) is 48.4 Å². The lowest BCUT2D eigenvalue weighted by atomic mass is 9.81. The number of nitriles is 1. The van der Waals surface area contributed by atoms with E-state index >= 15 is 0 Å². The van der Waals surface area contributed by atoms with Crippen molar-refractivity contribution in [2.24, 2.45) is 0 Å². The van der Waals surface area contributed by atoms with E-state index in [0.717, 1.165) is 36.1 Å². The minimum absolute atomic E-state index is 0.0195. The Bertz CT molecular complexity index is 943. The second-order valence-corrected chi connectivity index (χ2v) is 7.15. The molecule has 2 heterocycles. The first-order valence-corrected chi connectivity index (χ1v) is 9.39. The number of amides is 1. The Morgan fingerprint density at radius 2 is 2.07 bits per heavy atom. The van der Waals surface area contributed by atoms with Crippen LogP contribution >= 0.6 is 0 Å². The average molecular weight is 358 g/mol. The molecule has 27 heavy (non-hydrogen) atoms. The number of allylic oxidation sites excluding steroid dienone is 2. The normalized spacial score (nSPS) is 18.6. The second-order valence-electron chi connectivity index (χ2n) is 7.15. The van der Waals surface area contributed by atoms with Crippen LogP contribution < -0.4 is 5.73 Å². The average Bonchev–Trinajstić information content (AvgIpc) is 2.73. The molecule has 1 aliphatic carbocycles. The maximum Gasteiger partial charge on any atom is 0.254 e. The Kier molecular flexibility index (Phi) is 4.64. The molecule has 1 aromatic heterocycles. The van der Waals surface area contributed by atoms with Gasteiger partial charge in [0.25, 0.3) is 5.91 Å². The van der Waals surface area contributed by atoms with Gasteiger partial charge in [-0.25, -0.2) is 4.98 Å². The van der Waals surface area contributed by atoms with Crippen molar-refractivity contribution < 1.29 is 4.79 Å². The molecule has 2 aliphatic rings. The number of anilines is 1.